The predicted octanol–water partition coefficient (Wildman–Crippen LogP) is 3.97. The molecule has 0 aliphatic carbocycles. The minimum Gasteiger partial charge on any atom is -0.358 e. The van der Waals surface area contributed by atoms with E-state index in [1.165, 1.54) is 16.8 Å². The number of anilines is 6. The third-order valence-corrected chi connectivity index (χ3v) is 6.01. The second-order valence-corrected chi connectivity index (χ2v) is 8.75. The molecule has 4 heterocycles. The van der Waals surface area contributed by atoms with Gasteiger partial charge < -0.3 is 20.9 Å². The molecule has 0 radical (unpaired) electrons. The summed E-state index contributed by atoms with van der Waals surface area (Å²) in [5.41, 5.74) is 2.23. The van der Waals surface area contributed by atoms with Crippen LogP contribution in [0.1, 0.15) is 5.56 Å². The van der Waals surface area contributed by atoms with Crippen LogP contribution in [-0.2, 0) is 24.6 Å². The highest BCUT2D eigenvalue weighted by atomic mass is 19.4. The molecule has 5 aromatic rings. The van der Waals surface area contributed by atoms with Crippen LogP contribution < -0.4 is 20.9 Å². The zero-order valence-electron chi connectivity index (χ0n) is 21.6. The number of likely N-dealkylation sites (N-methyl/N-ethyl adjacent to an activating group) is 1. The zero-order chi connectivity index (χ0) is 28.4. The van der Waals surface area contributed by atoms with Gasteiger partial charge in [-0.2, -0.15) is 23.3 Å². The average Bonchev–Trinajstić information content (AvgIpc) is 3.50. The average molecular weight is 552 g/mol. The van der Waals surface area contributed by atoms with Crippen molar-refractivity contribution in [3.63, 3.8) is 0 Å². The standard InChI is InChI=1S/C25H24F3N11O/c1-29-21(40)14-39-13-17(11-32-39)33-23-30-9-8-20(36-23)37(2)18-10-19-22(31-12-18)38(3)24(35-19)34-16-6-4-15(5-7-16)25(26,27)28/h4-13H,14H2,1-3H3,(H,29,40)(H,34,35)(H,30,33,36). The molecular formula is C25H24F3N11O. The Balaban J connectivity index is 1.32. The van der Waals surface area contributed by atoms with Gasteiger partial charge in [0.25, 0.3) is 0 Å². The van der Waals surface area contributed by atoms with Crippen molar-refractivity contribution in [1.82, 2.24) is 39.6 Å². The summed E-state index contributed by atoms with van der Waals surface area (Å²) < 4.78 is 41.8. The van der Waals surface area contributed by atoms with Crippen LogP contribution in [0.2, 0.25) is 0 Å². The number of imidazole rings is 1. The van der Waals surface area contributed by atoms with Crippen molar-refractivity contribution in [1.29, 1.82) is 0 Å². The first kappa shape index (κ1) is 26.4. The third-order valence-electron chi connectivity index (χ3n) is 6.01. The lowest BCUT2D eigenvalue weighted by molar-refractivity contribution is -0.137. The van der Waals surface area contributed by atoms with Gasteiger partial charge in [0.15, 0.2) is 5.65 Å². The van der Waals surface area contributed by atoms with E-state index in [1.807, 2.05) is 18.0 Å². The third kappa shape index (κ3) is 5.62. The number of hydrogen-bond donors (Lipinski definition) is 3. The molecule has 3 N–H and O–H groups in total. The number of rotatable bonds is 8. The van der Waals surface area contributed by atoms with E-state index >= 15 is 0 Å². The molecular weight excluding hydrogens is 527 g/mol. The fraction of sp³-hybridized carbons (Fsp3) is 0.200. The summed E-state index contributed by atoms with van der Waals surface area (Å²) in [6.07, 6.45) is 2.11. The van der Waals surface area contributed by atoms with Gasteiger partial charge in [-0.1, -0.05) is 0 Å². The van der Waals surface area contributed by atoms with Crippen LogP contribution >= 0.6 is 0 Å². The number of aryl methyl sites for hydroxylation is 1. The van der Waals surface area contributed by atoms with E-state index in [-0.39, 0.29) is 12.5 Å². The van der Waals surface area contributed by atoms with E-state index in [1.54, 1.807) is 49.5 Å². The Morgan fingerprint density at radius 3 is 2.52 bits per heavy atom. The monoisotopic (exact) mass is 551 g/mol. The summed E-state index contributed by atoms with van der Waals surface area (Å²) in [5.74, 6) is 1.16. The second kappa shape index (κ2) is 10.5. The molecule has 12 nitrogen and oxygen atoms in total. The Bertz CT molecular complexity index is 1660. The Morgan fingerprint density at radius 2 is 1.80 bits per heavy atom. The molecule has 5 rings (SSSR count). The van der Waals surface area contributed by atoms with Gasteiger partial charge in [0, 0.05) is 39.2 Å². The number of hydrogen-bond acceptors (Lipinski definition) is 9. The largest absolute Gasteiger partial charge is 0.416 e. The number of carbonyl (C=O) groups excluding carboxylic acids is 1. The second-order valence-electron chi connectivity index (χ2n) is 8.75. The Morgan fingerprint density at radius 1 is 1.02 bits per heavy atom. The maximum atomic E-state index is 12.9. The molecule has 0 spiro atoms. The molecule has 40 heavy (non-hydrogen) atoms. The van der Waals surface area contributed by atoms with Crippen LogP contribution in [-0.4, -0.2) is 54.3 Å². The van der Waals surface area contributed by atoms with E-state index in [4.69, 9.17) is 0 Å². The first-order valence-corrected chi connectivity index (χ1v) is 11.9. The Kier molecular flexibility index (Phi) is 6.94. The number of nitrogens with one attached hydrogen (secondary N) is 3. The van der Waals surface area contributed by atoms with Crippen molar-refractivity contribution in [2.45, 2.75) is 12.7 Å². The van der Waals surface area contributed by atoms with Crippen LogP contribution in [0.5, 0.6) is 0 Å². The van der Waals surface area contributed by atoms with Gasteiger partial charge >= 0.3 is 6.18 Å². The van der Waals surface area contributed by atoms with Crippen molar-refractivity contribution in [2.24, 2.45) is 7.05 Å². The summed E-state index contributed by atoms with van der Waals surface area (Å²) in [7, 11) is 5.14. The molecule has 1 aromatic carbocycles. The van der Waals surface area contributed by atoms with Gasteiger partial charge in [0.05, 0.1) is 29.3 Å². The minimum absolute atomic E-state index is 0.0897. The molecule has 0 saturated heterocycles. The first-order chi connectivity index (χ1) is 19.1. The van der Waals surface area contributed by atoms with Gasteiger partial charge in [-0.05, 0) is 36.4 Å². The Hall–Kier alpha value is -5.21. The number of pyridine rings is 1. The molecule has 0 fully saturated rings. The molecule has 0 aliphatic heterocycles. The van der Waals surface area contributed by atoms with Crippen LogP contribution in [0.15, 0.2) is 61.2 Å². The van der Waals surface area contributed by atoms with Gasteiger partial charge in [-0.25, -0.2) is 15.0 Å². The number of alkyl halides is 3. The van der Waals surface area contributed by atoms with Crippen molar-refractivity contribution in [2.75, 3.05) is 29.6 Å². The summed E-state index contributed by atoms with van der Waals surface area (Å²) in [6, 6.07) is 8.29. The summed E-state index contributed by atoms with van der Waals surface area (Å²) in [5, 5.41) is 12.8. The zero-order valence-corrected chi connectivity index (χ0v) is 21.6. The summed E-state index contributed by atoms with van der Waals surface area (Å²) >= 11 is 0. The highest BCUT2D eigenvalue weighted by Gasteiger charge is 2.30. The van der Waals surface area contributed by atoms with Crippen LogP contribution in [0.3, 0.4) is 0 Å². The van der Waals surface area contributed by atoms with E-state index < -0.39 is 11.7 Å². The van der Waals surface area contributed by atoms with Gasteiger partial charge in [0.1, 0.15) is 17.9 Å². The number of carbonyl (C=O) groups is 1. The molecule has 0 atom stereocenters. The fourth-order valence-electron chi connectivity index (χ4n) is 3.83. The fourth-order valence-corrected chi connectivity index (χ4v) is 3.83. The lowest BCUT2D eigenvalue weighted by atomic mass is 10.2. The number of fused-ring (bicyclic) bond motifs is 1. The lowest BCUT2D eigenvalue weighted by Crippen LogP contribution is -2.23. The first-order valence-electron chi connectivity index (χ1n) is 11.9. The molecule has 0 unspecified atom stereocenters. The number of halogens is 3. The number of nitrogens with zero attached hydrogens (tertiary/aromatic N) is 8. The van der Waals surface area contributed by atoms with E-state index in [0.717, 1.165) is 12.1 Å². The van der Waals surface area contributed by atoms with Crippen LogP contribution in [0, 0.1) is 0 Å². The van der Waals surface area contributed by atoms with Gasteiger partial charge in [-0.3, -0.25) is 14.0 Å². The van der Waals surface area contributed by atoms with Gasteiger partial charge in [-0.15, -0.1) is 0 Å². The van der Waals surface area contributed by atoms with Crippen LogP contribution in [0.4, 0.5) is 47.9 Å². The lowest BCUT2D eigenvalue weighted by Gasteiger charge is -2.18. The van der Waals surface area contributed by atoms with Gasteiger partial charge in [0.2, 0.25) is 17.8 Å². The SMILES string of the molecule is CNC(=O)Cn1cc(Nc2nccc(N(C)c3cnc4c(c3)nc(Nc3ccc(C(F)(F)F)cc3)n4C)n2)cn1. The molecule has 0 aliphatic rings. The summed E-state index contributed by atoms with van der Waals surface area (Å²) in [4.78, 5) is 31.3. The molecule has 0 saturated carbocycles. The van der Waals surface area contributed by atoms with E-state index in [2.05, 4.69) is 41.0 Å². The molecule has 0 bridgehead atoms. The number of benzene rings is 1. The normalized spacial score (nSPS) is 11.4. The number of amides is 1. The quantitative estimate of drug-likeness (QED) is 0.262. The minimum atomic E-state index is -4.40. The maximum Gasteiger partial charge on any atom is 0.416 e. The number of aromatic nitrogens is 7. The highest BCUT2D eigenvalue weighted by molar-refractivity contribution is 5.80. The topological polar surface area (TPSA) is 131 Å². The predicted molar refractivity (Wildman–Crippen MR) is 143 cm³/mol. The Labute approximate surface area is 225 Å². The van der Waals surface area contributed by atoms with E-state index in [9.17, 15) is 18.0 Å². The molecule has 206 valence electrons. The molecule has 1 amide bonds. The van der Waals surface area contributed by atoms with Crippen molar-refractivity contribution >= 4 is 51.8 Å². The smallest absolute Gasteiger partial charge is 0.358 e. The molecule has 4 aromatic heterocycles. The van der Waals surface area contributed by atoms with Crippen molar-refractivity contribution in [3.05, 3.63) is 66.7 Å². The van der Waals surface area contributed by atoms with Crippen molar-refractivity contribution < 1.29 is 18.0 Å². The maximum absolute atomic E-state index is 12.9. The summed E-state index contributed by atoms with van der Waals surface area (Å²) in [6.45, 7) is 0.0897. The van der Waals surface area contributed by atoms with E-state index in [0.29, 0.717) is 45.9 Å². The molecule has 15 heteroatoms. The van der Waals surface area contributed by atoms with Crippen LogP contribution in [0.25, 0.3) is 11.2 Å². The highest BCUT2D eigenvalue weighted by Crippen LogP contribution is 2.31. The van der Waals surface area contributed by atoms with Crippen molar-refractivity contribution in [3.8, 4) is 0 Å².